The Hall–Kier alpha value is -3.45. The van der Waals surface area contributed by atoms with E-state index in [1.807, 2.05) is 55.6 Å². The number of methoxy groups -OCH3 is 1. The topological polar surface area (TPSA) is 101 Å². The van der Waals surface area contributed by atoms with Crippen molar-refractivity contribution < 1.29 is 27.4 Å². The lowest BCUT2D eigenvalue weighted by Gasteiger charge is -2.53. The van der Waals surface area contributed by atoms with Crippen LogP contribution in [0.1, 0.15) is 65.6 Å². The number of aryl methyl sites for hydroxylation is 1. The van der Waals surface area contributed by atoms with E-state index in [-0.39, 0.29) is 17.3 Å². The van der Waals surface area contributed by atoms with Gasteiger partial charge in [0.05, 0.1) is 30.3 Å². The zero-order valence-corrected chi connectivity index (χ0v) is 35.7. The first-order valence-corrected chi connectivity index (χ1v) is 23.6. The Morgan fingerprint density at radius 1 is 1.02 bits per heavy atom. The molecule has 2 bridgehead atoms. The maximum absolute atomic E-state index is 14.6. The second-order valence-corrected chi connectivity index (χ2v) is 21.1. The third-order valence-electron chi connectivity index (χ3n) is 15.3. The van der Waals surface area contributed by atoms with Gasteiger partial charge < -0.3 is 19.1 Å². The number of hydrogen-bond donors (Lipinski definition) is 1. The van der Waals surface area contributed by atoms with E-state index in [0.29, 0.717) is 55.7 Å². The van der Waals surface area contributed by atoms with Gasteiger partial charge >= 0.3 is 0 Å². The number of carbonyl (C=O) groups excluding carboxylic acids is 1. The number of hydrogen-bond acceptors (Lipinski definition) is 9. The Bertz CT molecular complexity index is 2220. The number of amides is 1. The van der Waals surface area contributed by atoms with Crippen molar-refractivity contribution in [1.82, 2.24) is 14.5 Å². The van der Waals surface area contributed by atoms with Crippen LogP contribution in [0.25, 0.3) is 0 Å². The molecule has 314 valence electrons. The van der Waals surface area contributed by atoms with Crippen LogP contribution in [-0.2, 0) is 37.8 Å². The Balaban J connectivity index is 1.05. The van der Waals surface area contributed by atoms with Gasteiger partial charge in [-0.15, -0.1) is 0 Å². The fourth-order valence-corrected chi connectivity index (χ4v) is 13.9. The maximum atomic E-state index is 14.6. The van der Waals surface area contributed by atoms with Crippen molar-refractivity contribution in [3.63, 3.8) is 0 Å². The van der Waals surface area contributed by atoms with Crippen LogP contribution in [-0.4, -0.2) is 113 Å². The molecule has 12 heteroatoms. The summed E-state index contributed by atoms with van der Waals surface area (Å²) in [5.41, 5.74) is 3.79. The number of ether oxygens (including phenoxy) is 3. The molecule has 4 aliphatic heterocycles. The number of fused-ring (bicyclic) bond motifs is 6. The molecule has 59 heavy (non-hydrogen) atoms. The van der Waals surface area contributed by atoms with Crippen molar-refractivity contribution in [2.45, 2.75) is 73.2 Å². The first-order valence-electron chi connectivity index (χ1n) is 21.8. The zero-order valence-electron chi connectivity index (χ0n) is 34.1. The normalized spacial score (nSPS) is 34.7. The number of allylic oxidation sites excluding steroid dienone is 1. The van der Waals surface area contributed by atoms with E-state index in [9.17, 15) is 13.2 Å². The van der Waals surface area contributed by atoms with Crippen molar-refractivity contribution >= 4 is 33.2 Å². The van der Waals surface area contributed by atoms with E-state index in [1.165, 1.54) is 11.1 Å². The van der Waals surface area contributed by atoms with Gasteiger partial charge in [0.15, 0.2) is 0 Å². The predicted molar refractivity (Wildman–Crippen MR) is 230 cm³/mol. The van der Waals surface area contributed by atoms with Crippen molar-refractivity contribution in [3.05, 3.63) is 106 Å². The monoisotopic (exact) mass is 840 g/mol. The van der Waals surface area contributed by atoms with Crippen molar-refractivity contribution in [1.29, 1.82) is 0 Å². The van der Waals surface area contributed by atoms with Crippen molar-refractivity contribution in [2.75, 3.05) is 77.6 Å². The molecule has 3 aliphatic carbocycles. The minimum Gasteiger partial charge on any atom is -0.490 e. The first kappa shape index (κ1) is 39.7. The fourth-order valence-electron chi connectivity index (χ4n) is 11.8. The molecule has 1 N–H and O–H groups in total. The molecule has 4 fully saturated rings. The van der Waals surface area contributed by atoms with Crippen LogP contribution in [0.3, 0.4) is 0 Å². The molecule has 2 saturated carbocycles. The number of sulfonamides is 1. The van der Waals surface area contributed by atoms with Gasteiger partial charge in [-0.2, -0.15) is 0 Å². The molecule has 1 amide bonds. The first-order chi connectivity index (χ1) is 28.6. The van der Waals surface area contributed by atoms with E-state index in [0.717, 1.165) is 101 Å². The van der Waals surface area contributed by atoms with Crippen LogP contribution < -0.4 is 14.4 Å². The molecule has 4 heterocycles. The molecule has 3 aromatic carbocycles. The molecular weight excluding hydrogens is 784 g/mol. The summed E-state index contributed by atoms with van der Waals surface area (Å²) in [6.07, 6.45) is 11.0. The summed E-state index contributed by atoms with van der Waals surface area (Å²) < 4.78 is 50.2. The second-order valence-electron chi connectivity index (χ2n) is 18.6. The van der Waals surface area contributed by atoms with Gasteiger partial charge in [-0.3, -0.25) is 14.6 Å². The van der Waals surface area contributed by atoms with Gasteiger partial charge in [0, 0.05) is 75.0 Å². The van der Waals surface area contributed by atoms with Gasteiger partial charge in [-0.05, 0) is 116 Å². The Morgan fingerprint density at radius 2 is 1.90 bits per heavy atom. The number of morpholine rings is 1. The molecule has 0 unspecified atom stereocenters. The van der Waals surface area contributed by atoms with Crippen LogP contribution in [0.5, 0.6) is 5.75 Å². The Morgan fingerprint density at radius 3 is 2.73 bits per heavy atom. The van der Waals surface area contributed by atoms with Crippen LogP contribution >= 0.6 is 11.6 Å². The molecule has 0 radical (unpaired) electrons. The molecule has 10 rings (SSSR count). The van der Waals surface area contributed by atoms with Gasteiger partial charge in [0.25, 0.3) is 5.91 Å². The summed E-state index contributed by atoms with van der Waals surface area (Å²) in [4.78, 5) is 21.8. The van der Waals surface area contributed by atoms with Crippen LogP contribution in [0, 0.1) is 17.8 Å². The highest BCUT2D eigenvalue weighted by Gasteiger charge is 2.63. The smallest absolute Gasteiger partial charge is 0.264 e. The quantitative estimate of drug-likeness (QED) is 0.299. The SMILES string of the molecule is CO[C@@]1(CN2CCN3CCOC[C@@H]3C2)/C=C/C[C@@H]2C[C@]2(Cc2ccccc2)S(=O)(=O)NC(=O)c2ccc3c(c2)N(C[C@@H]2CC[C@H]21)C[C@@]1(CCCc2cc(Cl)ccc21)CO3. The average Bonchev–Trinajstić information content (AvgIpc) is 3.97. The highest BCUT2D eigenvalue weighted by Crippen LogP contribution is 2.55. The molecule has 3 aromatic rings. The number of anilines is 1. The lowest BCUT2D eigenvalue weighted by atomic mass is 9.63. The fraction of sp³-hybridized carbons (Fsp3) is 0.553. The molecule has 0 aromatic heterocycles. The highest BCUT2D eigenvalue weighted by molar-refractivity contribution is 7.91. The van der Waals surface area contributed by atoms with Gasteiger partial charge in [-0.1, -0.05) is 60.2 Å². The summed E-state index contributed by atoms with van der Waals surface area (Å²) in [5.74, 6) is 0.522. The molecule has 2 saturated heterocycles. The second kappa shape index (κ2) is 15.5. The van der Waals surface area contributed by atoms with Crippen molar-refractivity contribution in [2.24, 2.45) is 17.8 Å². The zero-order chi connectivity index (χ0) is 40.4. The molecule has 7 atom stereocenters. The molecular formula is C47H57ClN4O6S. The average molecular weight is 842 g/mol. The largest absolute Gasteiger partial charge is 0.490 e. The Kier molecular flexibility index (Phi) is 10.4. The standard InChI is InChI=1S/C47H57ClN4O6S/c1-56-46(31-50-19-20-51-21-22-57-29-39(51)28-50)18-6-10-37-26-47(37,25-33-7-3-2-4-8-33)59(54,55)49-44(53)35-12-16-43-42(24-35)52(27-36-11-14-41(36)46)30-45(32-58-43)17-5-9-34-23-38(48)13-15-40(34)45/h2-4,6-8,12-13,15-16,18,23-24,36-37,39,41H,5,9-11,14,17,19-22,25-32H2,1H3,(H,49,53)/b18-6+/t36-,37+,39-,41+,45-,46+,47-/m0/s1. The number of carbonyl (C=O) groups is 1. The number of halogens is 1. The van der Waals surface area contributed by atoms with Crippen LogP contribution in [0.4, 0.5) is 5.69 Å². The van der Waals surface area contributed by atoms with E-state index < -0.39 is 26.3 Å². The third-order valence-corrected chi connectivity index (χ3v) is 17.7. The minimum absolute atomic E-state index is 0.146. The van der Waals surface area contributed by atoms with Gasteiger partial charge in [-0.25, -0.2) is 13.1 Å². The van der Waals surface area contributed by atoms with Crippen molar-refractivity contribution in [3.8, 4) is 5.75 Å². The molecule has 10 nitrogen and oxygen atoms in total. The number of piperazine rings is 1. The summed E-state index contributed by atoms with van der Waals surface area (Å²) in [6.45, 7) is 8.20. The lowest BCUT2D eigenvalue weighted by molar-refractivity contribution is -0.108. The highest BCUT2D eigenvalue weighted by atomic mass is 35.5. The third kappa shape index (κ3) is 7.21. The van der Waals surface area contributed by atoms with Crippen LogP contribution in [0.2, 0.25) is 5.02 Å². The number of nitrogens with one attached hydrogen (secondary N) is 1. The van der Waals surface area contributed by atoms with E-state index in [2.05, 4.69) is 43.7 Å². The van der Waals surface area contributed by atoms with E-state index in [4.69, 9.17) is 25.8 Å². The number of rotatable bonds is 5. The van der Waals surface area contributed by atoms with Gasteiger partial charge in [0.2, 0.25) is 10.0 Å². The summed E-state index contributed by atoms with van der Waals surface area (Å²) >= 11 is 6.55. The van der Waals surface area contributed by atoms with E-state index in [1.54, 1.807) is 6.07 Å². The van der Waals surface area contributed by atoms with Gasteiger partial charge in [0.1, 0.15) is 11.4 Å². The number of nitrogens with zero attached hydrogens (tertiary/aromatic N) is 3. The number of benzene rings is 3. The maximum Gasteiger partial charge on any atom is 0.264 e. The minimum atomic E-state index is -4.10. The Labute approximate surface area is 354 Å². The summed E-state index contributed by atoms with van der Waals surface area (Å²) in [5, 5.41) is 0.746. The summed E-state index contributed by atoms with van der Waals surface area (Å²) in [7, 11) is -2.22. The lowest BCUT2D eigenvalue weighted by Crippen LogP contribution is -2.62. The van der Waals surface area contributed by atoms with E-state index >= 15 is 0 Å². The molecule has 7 aliphatic rings. The predicted octanol–water partition coefficient (Wildman–Crippen LogP) is 6.26. The summed E-state index contributed by atoms with van der Waals surface area (Å²) in [6, 6.07) is 21.9. The molecule has 1 spiro atoms. The van der Waals surface area contributed by atoms with Crippen LogP contribution in [0.15, 0.2) is 78.9 Å².